The van der Waals surface area contributed by atoms with E-state index in [9.17, 15) is 9.59 Å². The van der Waals surface area contributed by atoms with Gasteiger partial charge in [-0.15, -0.1) is 0 Å². The van der Waals surface area contributed by atoms with Gasteiger partial charge in [0.25, 0.3) is 11.8 Å². The first kappa shape index (κ1) is 24.5. The molecule has 0 atom stereocenters. The van der Waals surface area contributed by atoms with E-state index in [1.54, 1.807) is 21.7 Å². The third kappa shape index (κ3) is 5.57. The number of aryl methyl sites for hydroxylation is 2. The lowest BCUT2D eigenvalue weighted by Crippen LogP contribution is -2.41. The fraction of sp³-hybridized carbons (Fsp3) is 0.423. The van der Waals surface area contributed by atoms with Crippen LogP contribution < -0.4 is 10.1 Å². The molecule has 1 aliphatic rings. The third-order valence-electron chi connectivity index (χ3n) is 5.93. The van der Waals surface area contributed by atoms with Crippen LogP contribution in [0.3, 0.4) is 0 Å². The number of carbonyl (C=O) groups is 2. The molecule has 9 nitrogen and oxygen atoms in total. The number of hydrogen-bond acceptors (Lipinski definition) is 6. The summed E-state index contributed by atoms with van der Waals surface area (Å²) in [5, 5.41) is 7.05. The number of carbonyl (C=O) groups excluding carboxylic acids is 2. The van der Waals surface area contributed by atoms with Crippen molar-refractivity contribution < 1.29 is 23.5 Å². The van der Waals surface area contributed by atoms with E-state index in [0.29, 0.717) is 55.9 Å². The van der Waals surface area contributed by atoms with E-state index in [4.69, 9.17) is 13.9 Å². The smallest absolute Gasteiger partial charge is 0.291 e. The van der Waals surface area contributed by atoms with E-state index >= 15 is 0 Å². The lowest BCUT2D eigenvalue weighted by molar-refractivity contribution is 0.0295. The highest BCUT2D eigenvalue weighted by molar-refractivity contribution is 6.07. The second-order valence-electron chi connectivity index (χ2n) is 8.83. The van der Waals surface area contributed by atoms with Gasteiger partial charge in [0.2, 0.25) is 0 Å². The maximum atomic E-state index is 13.1. The van der Waals surface area contributed by atoms with Crippen molar-refractivity contribution in [2.75, 3.05) is 31.6 Å². The summed E-state index contributed by atoms with van der Waals surface area (Å²) in [6, 6.07) is 9.46. The highest BCUT2D eigenvalue weighted by atomic mass is 16.5. The molecule has 0 radical (unpaired) electrons. The number of benzene rings is 1. The zero-order valence-corrected chi connectivity index (χ0v) is 20.7. The minimum absolute atomic E-state index is 0.131. The molecule has 186 valence electrons. The molecule has 0 aliphatic carbocycles. The van der Waals surface area contributed by atoms with E-state index in [1.165, 1.54) is 6.20 Å². The zero-order chi connectivity index (χ0) is 24.9. The fourth-order valence-electron chi connectivity index (χ4n) is 4.01. The van der Waals surface area contributed by atoms with Crippen molar-refractivity contribution in [3.05, 3.63) is 64.9 Å². The average molecular weight is 481 g/mol. The number of morpholine rings is 1. The molecule has 1 aromatic carbocycles. The number of anilines is 1. The summed E-state index contributed by atoms with van der Waals surface area (Å²) < 4.78 is 18.7. The van der Waals surface area contributed by atoms with Crippen molar-refractivity contribution in [2.24, 2.45) is 0 Å². The first-order valence-electron chi connectivity index (χ1n) is 11.9. The average Bonchev–Trinajstić information content (AvgIpc) is 3.49. The van der Waals surface area contributed by atoms with Crippen molar-refractivity contribution in [3.8, 4) is 5.75 Å². The zero-order valence-electron chi connectivity index (χ0n) is 20.7. The van der Waals surface area contributed by atoms with Gasteiger partial charge in [-0.2, -0.15) is 5.10 Å². The highest BCUT2D eigenvalue weighted by Crippen LogP contribution is 2.28. The predicted octanol–water partition coefficient (Wildman–Crippen LogP) is 4.23. The van der Waals surface area contributed by atoms with Crippen LogP contribution in [0.4, 0.5) is 5.69 Å². The van der Waals surface area contributed by atoms with Crippen LogP contribution in [-0.4, -0.2) is 52.8 Å². The summed E-state index contributed by atoms with van der Waals surface area (Å²) in [5.41, 5.74) is 2.92. The van der Waals surface area contributed by atoms with Crippen molar-refractivity contribution in [1.82, 2.24) is 14.7 Å². The first-order valence-corrected chi connectivity index (χ1v) is 11.9. The van der Waals surface area contributed by atoms with Crippen LogP contribution in [0, 0.1) is 6.92 Å². The van der Waals surface area contributed by atoms with Gasteiger partial charge in [-0.05, 0) is 49.1 Å². The molecule has 3 aromatic rings. The summed E-state index contributed by atoms with van der Waals surface area (Å²) in [6.07, 6.45) is 1.49. The Labute approximate surface area is 205 Å². The minimum Gasteiger partial charge on any atom is -0.485 e. The monoisotopic (exact) mass is 480 g/mol. The number of ether oxygens (including phenoxy) is 2. The largest absolute Gasteiger partial charge is 0.485 e. The summed E-state index contributed by atoms with van der Waals surface area (Å²) in [4.78, 5) is 27.7. The van der Waals surface area contributed by atoms with Gasteiger partial charge in [0.15, 0.2) is 5.76 Å². The molecule has 9 heteroatoms. The molecule has 0 unspecified atom stereocenters. The Bertz CT molecular complexity index is 1190. The van der Waals surface area contributed by atoms with Gasteiger partial charge in [-0.3, -0.25) is 14.3 Å². The topological polar surface area (TPSA) is 98.8 Å². The van der Waals surface area contributed by atoms with Crippen LogP contribution >= 0.6 is 0 Å². The second kappa shape index (κ2) is 10.8. The minimum atomic E-state index is -0.457. The molecule has 3 heterocycles. The Morgan fingerprint density at radius 1 is 1.17 bits per heavy atom. The summed E-state index contributed by atoms with van der Waals surface area (Å²) in [6.45, 7) is 10.8. The number of nitrogens with zero attached hydrogens (tertiary/aromatic N) is 3. The molecule has 0 bridgehead atoms. The van der Waals surface area contributed by atoms with Gasteiger partial charge in [0.05, 0.1) is 25.1 Å². The molecule has 1 N–H and O–H groups in total. The number of furan rings is 1. The Hall–Kier alpha value is -3.59. The van der Waals surface area contributed by atoms with E-state index in [2.05, 4.69) is 36.4 Å². The van der Waals surface area contributed by atoms with Crippen LogP contribution in [0.1, 0.15) is 64.6 Å². The standard InChI is InChI=1S/C26H32N4O5/c1-5-30-24(26(32)29-10-12-33-13-11-29)21(15-27-30)28-25(31)22-9-7-19(35-22)16-34-23-14-18(4)6-8-20(23)17(2)3/h6-9,14-15,17H,5,10-13,16H2,1-4H3,(H,28,31). The number of hydrogen-bond donors (Lipinski definition) is 1. The van der Waals surface area contributed by atoms with Gasteiger partial charge in [-0.25, -0.2) is 0 Å². The quantitative estimate of drug-likeness (QED) is 0.518. The maximum absolute atomic E-state index is 13.1. The third-order valence-corrected chi connectivity index (χ3v) is 5.93. The van der Waals surface area contributed by atoms with Gasteiger partial charge in [-0.1, -0.05) is 26.0 Å². The molecule has 0 saturated carbocycles. The van der Waals surface area contributed by atoms with Crippen LogP contribution in [0.2, 0.25) is 0 Å². The molecule has 4 rings (SSSR count). The van der Waals surface area contributed by atoms with Crippen LogP contribution in [0.25, 0.3) is 0 Å². The number of nitrogens with one attached hydrogen (secondary N) is 1. The van der Waals surface area contributed by atoms with E-state index < -0.39 is 5.91 Å². The van der Waals surface area contributed by atoms with Crippen LogP contribution in [-0.2, 0) is 17.9 Å². The Kier molecular flexibility index (Phi) is 7.55. The fourth-order valence-corrected chi connectivity index (χ4v) is 4.01. The first-order chi connectivity index (χ1) is 16.9. The molecule has 35 heavy (non-hydrogen) atoms. The molecule has 2 amide bonds. The highest BCUT2D eigenvalue weighted by Gasteiger charge is 2.26. The molecule has 1 saturated heterocycles. The SMILES string of the molecule is CCn1ncc(NC(=O)c2ccc(COc3cc(C)ccc3C(C)C)o2)c1C(=O)N1CCOCC1. The van der Waals surface area contributed by atoms with Crippen molar-refractivity contribution in [3.63, 3.8) is 0 Å². The predicted molar refractivity (Wildman–Crippen MR) is 131 cm³/mol. The second-order valence-corrected chi connectivity index (χ2v) is 8.83. The van der Waals surface area contributed by atoms with Crippen molar-refractivity contribution in [1.29, 1.82) is 0 Å². The lowest BCUT2D eigenvalue weighted by Gasteiger charge is -2.27. The van der Waals surface area contributed by atoms with Crippen LogP contribution in [0.5, 0.6) is 5.75 Å². The maximum Gasteiger partial charge on any atom is 0.291 e. The lowest BCUT2D eigenvalue weighted by atomic mass is 10.0. The Balaban J connectivity index is 1.45. The molecular weight excluding hydrogens is 448 g/mol. The van der Waals surface area contributed by atoms with Gasteiger partial charge < -0.3 is 24.1 Å². The van der Waals surface area contributed by atoms with E-state index in [-0.39, 0.29) is 18.3 Å². The van der Waals surface area contributed by atoms with Gasteiger partial charge in [0, 0.05) is 19.6 Å². The summed E-state index contributed by atoms with van der Waals surface area (Å²) in [5.74, 6) is 1.14. The Morgan fingerprint density at radius 3 is 2.66 bits per heavy atom. The van der Waals surface area contributed by atoms with Gasteiger partial charge in [0.1, 0.15) is 23.8 Å². The van der Waals surface area contributed by atoms with Crippen molar-refractivity contribution in [2.45, 2.75) is 46.8 Å². The molecule has 0 spiro atoms. The van der Waals surface area contributed by atoms with Crippen molar-refractivity contribution >= 4 is 17.5 Å². The normalized spacial score (nSPS) is 13.8. The van der Waals surface area contributed by atoms with E-state index in [1.807, 2.05) is 19.9 Å². The van der Waals surface area contributed by atoms with Crippen LogP contribution in [0.15, 0.2) is 40.9 Å². The molecular formula is C26H32N4O5. The number of aromatic nitrogens is 2. The molecule has 2 aromatic heterocycles. The summed E-state index contributed by atoms with van der Waals surface area (Å²) >= 11 is 0. The molecule has 1 fully saturated rings. The van der Waals surface area contributed by atoms with E-state index in [0.717, 1.165) is 16.9 Å². The number of rotatable bonds is 8. The summed E-state index contributed by atoms with van der Waals surface area (Å²) in [7, 11) is 0. The van der Waals surface area contributed by atoms with Gasteiger partial charge >= 0.3 is 0 Å². The molecule has 1 aliphatic heterocycles. The number of amides is 2. The Morgan fingerprint density at radius 2 is 1.94 bits per heavy atom.